The van der Waals surface area contributed by atoms with Gasteiger partial charge in [-0.1, -0.05) is 24.3 Å². The Kier molecular flexibility index (Phi) is 6.25. The van der Waals surface area contributed by atoms with Crippen molar-refractivity contribution in [3.63, 3.8) is 0 Å². The fraction of sp³-hybridized carbons (Fsp3) is 0.263. The van der Waals surface area contributed by atoms with E-state index >= 15 is 0 Å². The normalized spacial score (nSPS) is 11.4. The molecule has 0 unspecified atom stereocenters. The van der Waals surface area contributed by atoms with E-state index in [0.717, 1.165) is 11.8 Å². The summed E-state index contributed by atoms with van der Waals surface area (Å²) >= 11 is 5.81. The highest BCUT2D eigenvalue weighted by atomic mass is 35.5. The van der Waals surface area contributed by atoms with Crippen molar-refractivity contribution in [2.24, 2.45) is 7.05 Å². The minimum atomic E-state index is -4.50. The molecule has 0 aliphatic carbocycles. The molecular formula is C19H17ClF3N5O2. The van der Waals surface area contributed by atoms with Crippen molar-refractivity contribution in [2.45, 2.75) is 19.6 Å². The lowest BCUT2D eigenvalue weighted by Crippen LogP contribution is -2.12. The largest absolute Gasteiger partial charge is 0.462 e. The summed E-state index contributed by atoms with van der Waals surface area (Å²) in [6, 6.07) is 6.80. The molecule has 0 aliphatic rings. The van der Waals surface area contributed by atoms with Gasteiger partial charge in [0.05, 0.1) is 6.61 Å². The zero-order valence-corrected chi connectivity index (χ0v) is 16.8. The van der Waals surface area contributed by atoms with Crippen LogP contribution in [0.4, 0.5) is 19.0 Å². The van der Waals surface area contributed by atoms with E-state index in [4.69, 9.17) is 16.3 Å². The maximum Gasteiger partial charge on any atom is 0.434 e. The van der Waals surface area contributed by atoms with E-state index in [-0.39, 0.29) is 35.6 Å². The molecule has 158 valence electrons. The van der Waals surface area contributed by atoms with Gasteiger partial charge in [-0.05, 0) is 24.1 Å². The van der Waals surface area contributed by atoms with E-state index in [1.165, 1.54) is 17.8 Å². The van der Waals surface area contributed by atoms with Gasteiger partial charge >= 0.3 is 12.1 Å². The van der Waals surface area contributed by atoms with Gasteiger partial charge in [-0.3, -0.25) is 0 Å². The molecule has 2 aromatic heterocycles. The first kappa shape index (κ1) is 21.6. The van der Waals surface area contributed by atoms with Crippen LogP contribution in [0.3, 0.4) is 0 Å². The number of esters is 1. The summed E-state index contributed by atoms with van der Waals surface area (Å²) in [5, 5.41) is 2.97. The standard InChI is InChI=1S/C19H17ClF3N5O2/c1-3-30-17(29)13-9-25-18(20)27-15(13)24-8-11-4-6-12(7-5-11)16-26-14(10-28(16)2)19(21,22)23/h4-7,9-10H,3,8H2,1-2H3,(H,24,25,27). The fourth-order valence-electron chi connectivity index (χ4n) is 2.68. The number of carbonyl (C=O) groups is 1. The van der Waals surface area contributed by atoms with Gasteiger partial charge in [0, 0.05) is 31.5 Å². The number of benzene rings is 1. The minimum absolute atomic E-state index is 0.0313. The molecule has 0 saturated carbocycles. The van der Waals surface area contributed by atoms with Crippen molar-refractivity contribution in [1.82, 2.24) is 19.5 Å². The summed E-state index contributed by atoms with van der Waals surface area (Å²) in [4.78, 5) is 23.5. The van der Waals surface area contributed by atoms with Crippen LogP contribution in [0.5, 0.6) is 0 Å². The van der Waals surface area contributed by atoms with Crippen LogP contribution >= 0.6 is 11.6 Å². The van der Waals surface area contributed by atoms with Crippen LogP contribution in [-0.4, -0.2) is 32.1 Å². The van der Waals surface area contributed by atoms with Crippen LogP contribution in [-0.2, 0) is 24.5 Å². The van der Waals surface area contributed by atoms with Gasteiger partial charge in [0.1, 0.15) is 17.2 Å². The molecule has 1 aromatic carbocycles. The summed E-state index contributed by atoms with van der Waals surface area (Å²) < 4.78 is 44.9. The number of hydrogen-bond donors (Lipinski definition) is 1. The second-order valence-electron chi connectivity index (χ2n) is 6.23. The quantitative estimate of drug-likeness (QED) is 0.454. The summed E-state index contributed by atoms with van der Waals surface area (Å²) in [6.07, 6.45) is -2.28. The molecule has 2 heterocycles. The Bertz CT molecular complexity index is 1050. The van der Waals surface area contributed by atoms with Crippen molar-refractivity contribution in [3.8, 4) is 11.4 Å². The monoisotopic (exact) mass is 439 g/mol. The number of ether oxygens (including phenoxy) is 1. The molecule has 1 N–H and O–H groups in total. The molecule has 0 atom stereocenters. The van der Waals surface area contributed by atoms with Gasteiger partial charge in [0.2, 0.25) is 5.28 Å². The third kappa shape index (κ3) is 4.88. The number of alkyl halides is 3. The zero-order chi connectivity index (χ0) is 21.9. The number of imidazole rings is 1. The molecule has 0 spiro atoms. The molecule has 0 saturated heterocycles. The van der Waals surface area contributed by atoms with E-state index in [0.29, 0.717) is 5.56 Å². The molecule has 0 bridgehead atoms. The number of hydrogen-bond acceptors (Lipinski definition) is 6. The van der Waals surface area contributed by atoms with Crippen LogP contribution in [0, 0.1) is 0 Å². The van der Waals surface area contributed by atoms with Crippen LogP contribution < -0.4 is 5.32 Å². The Labute approximate surface area is 174 Å². The first-order valence-electron chi connectivity index (χ1n) is 8.82. The van der Waals surface area contributed by atoms with Gasteiger partial charge in [-0.15, -0.1) is 0 Å². The Hall–Kier alpha value is -3.14. The van der Waals surface area contributed by atoms with Crippen molar-refractivity contribution in [3.05, 3.63) is 58.8 Å². The van der Waals surface area contributed by atoms with Gasteiger partial charge in [-0.2, -0.15) is 18.2 Å². The van der Waals surface area contributed by atoms with Gasteiger partial charge < -0.3 is 14.6 Å². The van der Waals surface area contributed by atoms with Crippen molar-refractivity contribution >= 4 is 23.4 Å². The lowest BCUT2D eigenvalue weighted by Gasteiger charge is -2.11. The number of anilines is 1. The molecule has 11 heteroatoms. The average Bonchev–Trinajstić information content (AvgIpc) is 3.09. The number of carbonyl (C=O) groups excluding carboxylic acids is 1. The molecular weight excluding hydrogens is 423 g/mol. The Morgan fingerprint density at radius 1 is 1.23 bits per heavy atom. The maximum atomic E-state index is 12.9. The maximum absolute atomic E-state index is 12.9. The van der Waals surface area contributed by atoms with Gasteiger partial charge in [0.25, 0.3) is 0 Å². The number of nitrogens with zero attached hydrogens (tertiary/aromatic N) is 4. The second-order valence-corrected chi connectivity index (χ2v) is 6.57. The van der Waals surface area contributed by atoms with Crippen LogP contribution in [0.15, 0.2) is 36.7 Å². The molecule has 0 fully saturated rings. The SMILES string of the molecule is CCOC(=O)c1cnc(Cl)nc1NCc1ccc(-c2nc(C(F)(F)F)cn2C)cc1. The highest BCUT2D eigenvalue weighted by Gasteiger charge is 2.34. The third-order valence-corrected chi connectivity index (χ3v) is 4.28. The third-order valence-electron chi connectivity index (χ3n) is 4.09. The first-order valence-corrected chi connectivity index (χ1v) is 9.20. The average molecular weight is 440 g/mol. The number of aromatic nitrogens is 4. The van der Waals surface area contributed by atoms with Crippen LogP contribution in [0.1, 0.15) is 28.5 Å². The smallest absolute Gasteiger partial charge is 0.434 e. The number of aryl methyl sites for hydroxylation is 1. The number of rotatable bonds is 6. The highest BCUT2D eigenvalue weighted by Crippen LogP contribution is 2.30. The van der Waals surface area contributed by atoms with Crippen molar-refractivity contribution in [1.29, 1.82) is 0 Å². The summed E-state index contributed by atoms with van der Waals surface area (Å²) in [6.45, 7) is 2.17. The summed E-state index contributed by atoms with van der Waals surface area (Å²) in [5.74, 6) is -0.160. The molecule has 3 aromatic rings. The molecule has 30 heavy (non-hydrogen) atoms. The van der Waals surface area contributed by atoms with E-state index in [1.807, 2.05) is 0 Å². The topological polar surface area (TPSA) is 81.9 Å². The van der Waals surface area contributed by atoms with Gasteiger partial charge in [-0.25, -0.2) is 14.8 Å². The number of halogens is 4. The van der Waals surface area contributed by atoms with E-state index in [1.54, 1.807) is 31.2 Å². The molecule has 0 aliphatic heterocycles. The van der Waals surface area contributed by atoms with Crippen LogP contribution in [0.2, 0.25) is 5.28 Å². The molecule has 3 rings (SSSR count). The van der Waals surface area contributed by atoms with E-state index in [9.17, 15) is 18.0 Å². The van der Waals surface area contributed by atoms with E-state index in [2.05, 4.69) is 20.3 Å². The number of nitrogens with one attached hydrogen (secondary N) is 1. The van der Waals surface area contributed by atoms with Crippen LogP contribution in [0.25, 0.3) is 11.4 Å². The van der Waals surface area contributed by atoms with E-state index < -0.39 is 17.8 Å². The molecule has 0 radical (unpaired) electrons. The van der Waals surface area contributed by atoms with Crippen molar-refractivity contribution < 1.29 is 22.7 Å². The highest BCUT2D eigenvalue weighted by molar-refractivity contribution is 6.28. The lowest BCUT2D eigenvalue weighted by molar-refractivity contribution is -0.140. The Balaban J connectivity index is 1.76. The Morgan fingerprint density at radius 3 is 2.53 bits per heavy atom. The van der Waals surface area contributed by atoms with Crippen molar-refractivity contribution in [2.75, 3.05) is 11.9 Å². The summed E-state index contributed by atoms with van der Waals surface area (Å²) in [7, 11) is 1.50. The molecule has 7 nitrogen and oxygen atoms in total. The summed E-state index contributed by atoms with van der Waals surface area (Å²) in [5.41, 5.74) is 0.533. The Morgan fingerprint density at radius 2 is 1.93 bits per heavy atom. The minimum Gasteiger partial charge on any atom is -0.462 e. The lowest BCUT2D eigenvalue weighted by atomic mass is 10.1. The predicted molar refractivity (Wildman–Crippen MR) is 104 cm³/mol. The zero-order valence-electron chi connectivity index (χ0n) is 16.0. The van der Waals surface area contributed by atoms with Gasteiger partial charge in [0.15, 0.2) is 5.69 Å². The second kappa shape index (κ2) is 8.70. The molecule has 0 amide bonds. The first-order chi connectivity index (χ1) is 14.2. The predicted octanol–water partition coefficient (Wildman–Crippen LogP) is 4.34. The fourth-order valence-corrected chi connectivity index (χ4v) is 2.82.